The normalized spacial score (nSPS) is 12.9. The zero-order valence-corrected chi connectivity index (χ0v) is 9.64. The Bertz CT molecular complexity index is 577. The van der Waals surface area contributed by atoms with E-state index in [0.29, 0.717) is 16.6 Å². The highest BCUT2D eigenvalue weighted by Gasteiger charge is 2.18. The molecule has 4 nitrogen and oxygen atoms in total. The Kier molecular flexibility index (Phi) is 2.83. The van der Waals surface area contributed by atoms with E-state index in [2.05, 4.69) is 5.10 Å². The number of aromatic nitrogens is 2. The predicted octanol–water partition coefficient (Wildman–Crippen LogP) is 1.98. The molecule has 0 aliphatic carbocycles. The molecule has 0 aliphatic heterocycles. The van der Waals surface area contributed by atoms with Crippen molar-refractivity contribution in [2.24, 2.45) is 13.0 Å². The van der Waals surface area contributed by atoms with Crippen molar-refractivity contribution in [2.45, 2.75) is 13.3 Å². The summed E-state index contributed by atoms with van der Waals surface area (Å²) in [5.74, 6) is -1.81. The first-order valence-electron chi connectivity index (χ1n) is 5.33. The van der Waals surface area contributed by atoms with Crippen molar-refractivity contribution in [2.75, 3.05) is 0 Å². The molecular weight excluding hydrogens is 223 g/mol. The zero-order valence-electron chi connectivity index (χ0n) is 9.64. The summed E-state index contributed by atoms with van der Waals surface area (Å²) in [6.07, 6.45) is 0.267. The molecule has 1 unspecified atom stereocenters. The van der Waals surface area contributed by atoms with Gasteiger partial charge in [0.2, 0.25) is 0 Å². The lowest BCUT2D eigenvalue weighted by atomic mass is 10.0. The molecule has 90 valence electrons. The lowest BCUT2D eigenvalue weighted by Gasteiger charge is -2.07. The summed E-state index contributed by atoms with van der Waals surface area (Å²) < 4.78 is 15.3. The molecule has 1 N–H and O–H groups in total. The van der Waals surface area contributed by atoms with E-state index in [9.17, 15) is 9.18 Å². The molecule has 0 saturated carbocycles. The monoisotopic (exact) mass is 236 g/mol. The topological polar surface area (TPSA) is 55.1 Å². The van der Waals surface area contributed by atoms with Crippen LogP contribution in [-0.4, -0.2) is 20.9 Å². The van der Waals surface area contributed by atoms with Gasteiger partial charge in [0, 0.05) is 19.2 Å². The molecule has 1 aromatic heterocycles. The fraction of sp³-hybridized carbons (Fsp3) is 0.333. The lowest BCUT2D eigenvalue weighted by molar-refractivity contribution is -0.141. The van der Waals surface area contributed by atoms with Crippen molar-refractivity contribution in [1.29, 1.82) is 0 Å². The second kappa shape index (κ2) is 4.16. The molecule has 1 heterocycles. The van der Waals surface area contributed by atoms with Gasteiger partial charge < -0.3 is 5.11 Å². The van der Waals surface area contributed by atoms with Crippen LogP contribution in [0.15, 0.2) is 18.2 Å². The highest BCUT2D eigenvalue weighted by Crippen LogP contribution is 2.23. The predicted molar refractivity (Wildman–Crippen MR) is 61.2 cm³/mol. The second-order valence-corrected chi connectivity index (χ2v) is 4.15. The molecule has 0 saturated heterocycles. The third-order valence-corrected chi connectivity index (χ3v) is 2.85. The summed E-state index contributed by atoms with van der Waals surface area (Å²) in [5, 5.41) is 13.5. The maximum Gasteiger partial charge on any atom is 0.306 e. The van der Waals surface area contributed by atoms with Crippen LogP contribution in [0.3, 0.4) is 0 Å². The van der Waals surface area contributed by atoms with E-state index in [1.165, 1.54) is 6.07 Å². The summed E-state index contributed by atoms with van der Waals surface area (Å²) in [4.78, 5) is 10.8. The number of aliphatic carboxylic acids is 1. The maximum atomic E-state index is 13.7. The van der Waals surface area contributed by atoms with Crippen LogP contribution in [0.1, 0.15) is 12.6 Å². The van der Waals surface area contributed by atoms with Crippen molar-refractivity contribution in [3.8, 4) is 0 Å². The number of nitrogens with zero attached hydrogens (tertiary/aromatic N) is 2. The van der Waals surface area contributed by atoms with Crippen LogP contribution in [0.25, 0.3) is 10.9 Å². The molecule has 0 spiro atoms. The first-order chi connectivity index (χ1) is 8.00. The highest BCUT2D eigenvalue weighted by molar-refractivity contribution is 5.83. The third kappa shape index (κ3) is 2.00. The molecule has 1 aromatic carbocycles. The Hall–Kier alpha value is -1.91. The lowest BCUT2D eigenvalue weighted by Crippen LogP contribution is -2.14. The molecule has 0 fully saturated rings. The minimum absolute atomic E-state index is 0.267. The Labute approximate surface area is 97.7 Å². The van der Waals surface area contributed by atoms with Crippen LogP contribution in [0.5, 0.6) is 0 Å². The Balaban J connectivity index is 2.53. The summed E-state index contributed by atoms with van der Waals surface area (Å²) in [6.45, 7) is 1.60. The van der Waals surface area contributed by atoms with Crippen molar-refractivity contribution in [3.05, 3.63) is 29.7 Å². The molecule has 0 aliphatic rings. The van der Waals surface area contributed by atoms with Crippen molar-refractivity contribution < 1.29 is 14.3 Å². The largest absolute Gasteiger partial charge is 0.481 e. The highest BCUT2D eigenvalue weighted by atomic mass is 19.1. The van der Waals surface area contributed by atoms with Gasteiger partial charge in [-0.3, -0.25) is 9.48 Å². The Morgan fingerprint density at radius 1 is 1.59 bits per heavy atom. The molecule has 0 radical (unpaired) electrons. The summed E-state index contributed by atoms with van der Waals surface area (Å²) in [7, 11) is 1.70. The third-order valence-electron chi connectivity index (χ3n) is 2.85. The first-order valence-corrected chi connectivity index (χ1v) is 5.33. The van der Waals surface area contributed by atoms with E-state index >= 15 is 0 Å². The smallest absolute Gasteiger partial charge is 0.306 e. The standard InChI is InChI=1S/C12H13FN2O2/c1-7(12(16)17)6-10-11-8(13)4-3-5-9(11)14-15(10)2/h3-5,7H,6H2,1-2H3,(H,16,17). The molecule has 0 bridgehead atoms. The van der Waals surface area contributed by atoms with Gasteiger partial charge >= 0.3 is 5.97 Å². The van der Waals surface area contributed by atoms with Gasteiger partial charge in [-0.2, -0.15) is 5.10 Å². The quantitative estimate of drug-likeness (QED) is 0.886. The van der Waals surface area contributed by atoms with E-state index in [0.717, 1.165) is 0 Å². The number of aryl methyl sites for hydroxylation is 1. The number of hydrogen-bond donors (Lipinski definition) is 1. The van der Waals surface area contributed by atoms with Gasteiger partial charge in [-0.25, -0.2) is 4.39 Å². The summed E-state index contributed by atoms with van der Waals surface area (Å²) in [6, 6.07) is 4.67. The molecule has 2 rings (SSSR count). The van der Waals surface area contributed by atoms with Crippen LogP contribution < -0.4 is 0 Å². The van der Waals surface area contributed by atoms with Gasteiger partial charge in [-0.05, 0) is 12.1 Å². The van der Waals surface area contributed by atoms with Gasteiger partial charge in [0.1, 0.15) is 5.82 Å². The van der Waals surface area contributed by atoms with Gasteiger partial charge in [-0.15, -0.1) is 0 Å². The van der Waals surface area contributed by atoms with E-state index < -0.39 is 11.9 Å². The minimum Gasteiger partial charge on any atom is -0.481 e. The van der Waals surface area contributed by atoms with E-state index in [1.54, 1.807) is 30.8 Å². The summed E-state index contributed by atoms with van der Waals surface area (Å²) in [5.41, 5.74) is 1.17. The number of carboxylic acids is 1. The SMILES string of the molecule is CC(Cc1c2c(F)cccc2nn1C)C(=O)O. The second-order valence-electron chi connectivity index (χ2n) is 4.15. The van der Waals surface area contributed by atoms with E-state index in [-0.39, 0.29) is 12.2 Å². The van der Waals surface area contributed by atoms with E-state index in [4.69, 9.17) is 5.11 Å². The average Bonchev–Trinajstić information content (AvgIpc) is 2.56. The fourth-order valence-electron chi connectivity index (χ4n) is 1.88. The van der Waals surface area contributed by atoms with Gasteiger partial charge in [-0.1, -0.05) is 13.0 Å². The molecule has 2 aromatic rings. The number of hydrogen-bond acceptors (Lipinski definition) is 2. The van der Waals surface area contributed by atoms with Gasteiger partial charge in [0.05, 0.1) is 16.8 Å². The van der Waals surface area contributed by atoms with Gasteiger partial charge in [0.15, 0.2) is 0 Å². The van der Waals surface area contributed by atoms with Crippen molar-refractivity contribution in [3.63, 3.8) is 0 Å². The van der Waals surface area contributed by atoms with Gasteiger partial charge in [0.25, 0.3) is 0 Å². The first kappa shape index (κ1) is 11.6. The zero-order chi connectivity index (χ0) is 12.6. The average molecular weight is 236 g/mol. The van der Waals surface area contributed by atoms with Crippen LogP contribution in [0, 0.1) is 11.7 Å². The van der Waals surface area contributed by atoms with Crippen LogP contribution >= 0.6 is 0 Å². The molecular formula is C12H13FN2O2. The minimum atomic E-state index is -0.893. The molecule has 5 heteroatoms. The summed E-state index contributed by atoms with van der Waals surface area (Å²) >= 11 is 0. The number of carbonyl (C=O) groups is 1. The number of rotatable bonds is 3. The Morgan fingerprint density at radius 3 is 2.94 bits per heavy atom. The fourth-order valence-corrected chi connectivity index (χ4v) is 1.88. The van der Waals surface area contributed by atoms with Crippen molar-refractivity contribution in [1.82, 2.24) is 9.78 Å². The van der Waals surface area contributed by atoms with Crippen LogP contribution in [0.4, 0.5) is 4.39 Å². The Morgan fingerprint density at radius 2 is 2.29 bits per heavy atom. The van der Waals surface area contributed by atoms with Crippen LogP contribution in [-0.2, 0) is 18.3 Å². The molecule has 1 atom stereocenters. The van der Waals surface area contributed by atoms with E-state index in [1.807, 2.05) is 0 Å². The maximum absolute atomic E-state index is 13.7. The van der Waals surface area contributed by atoms with Crippen molar-refractivity contribution >= 4 is 16.9 Å². The number of carboxylic acid groups (broad SMARTS) is 1. The number of halogens is 1. The molecule has 17 heavy (non-hydrogen) atoms. The number of fused-ring (bicyclic) bond motifs is 1. The number of benzene rings is 1. The van der Waals surface area contributed by atoms with Crippen LogP contribution in [0.2, 0.25) is 0 Å². The molecule has 0 amide bonds.